The largest absolute Gasteiger partial charge is 0.353 e. The number of para-hydroxylation sites is 1. The van der Waals surface area contributed by atoms with E-state index in [1.165, 1.54) is 4.31 Å². The molecule has 0 aliphatic carbocycles. The minimum absolute atomic E-state index is 0.190. The zero-order valence-corrected chi connectivity index (χ0v) is 27.5. The van der Waals surface area contributed by atoms with E-state index in [4.69, 9.17) is 18.9 Å². The molecule has 44 heavy (non-hydrogen) atoms. The minimum atomic E-state index is -3.85. The highest BCUT2D eigenvalue weighted by Crippen LogP contribution is 2.23. The SMILES string of the molecule is CCOC(CCC#CN(CCc1cn(C#CCCC(OCC)OCC)c2ccccc12)S(=O)(=O)c1ccc(C)cc1)OCC. The van der Waals surface area contributed by atoms with Crippen LogP contribution in [0.15, 0.2) is 59.6 Å². The highest BCUT2D eigenvalue weighted by atomic mass is 32.2. The second-order valence-electron chi connectivity index (χ2n) is 10.0. The molecule has 0 saturated heterocycles. The van der Waals surface area contributed by atoms with E-state index in [-0.39, 0.29) is 24.0 Å². The standard InChI is InChI=1S/C35H46N2O6S/c1-6-40-34(41-7-2)18-12-14-25-36-28-30(32-16-10-11-17-33(32)36)24-27-37(26-15-13-19-35(42-8-3)43-9-4)44(38,39)31-22-20-29(5)21-23-31/h10-11,16-17,20-23,28,34-35H,6-9,12-13,18-19,24,27H2,1-5H3. The van der Waals surface area contributed by atoms with Gasteiger partial charge in [0.1, 0.15) is 0 Å². The molecule has 1 heterocycles. The number of nitrogens with zero attached hydrogens (tertiary/aromatic N) is 2. The van der Waals surface area contributed by atoms with Crippen molar-refractivity contribution in [1.82, 2.24) is 8.87 Å². The van der Waals surface area contributed by atoms with E-state index in [0.29, 0.717) is 58.5 Å². The number of sulfonamides is 1. The van der Waals surface area contributed by atoms with Gasteiger partial charge in [-0.15, -0.1) is 0 Å². The van der Waals surface area contributed by atoms with Crippen molar-refractivity contribution in [1.29, 1.82) is 0 Å². The van der Waals surface area contributed by atoms with Crippen LogP contribution >= 0.6 is 0 Å². The van der Waals surface area contributed by atoms with Crippen LogP contribution in [0.4, 0.5) is 0 Å². The quantitative estimate of drug-likeness (QED) is 0.0998. The fraction of sp³-hybridized carbons (Fsp3) is 0.486. The lowest BCUT2D eigenvalue weighted by Crippen LogP contribution is -2.29. The average molecular weight is 623 g/mol. The summed E-state index contributed by atoms with van der Waals surface area (Å²) in [6.45, 7) is 12.1. The Kier molecular flexibility index (Phi) is 14.8. The Balaban J connectivity index is 1.82. The third kappa shape index (κ3) is 10.4. The summed E-state index contributed by atoms with van der Waals surface area (Å²) in [7, 11) is -3.85. The zero-order valence-electron chi connectivity index (χ0n) is 26.7. The molecule has 3 rings (SSSR count). The monoisotopic (exact) mass is 622 g/mol. The molecule has 0 atom stereocenters. The Labute approximate surface area is 263 Å². The first kappa shape index (κ1) is 35.2. The lowest BCUT2D eigenvalue weighted by molar-refractivity contribution is -0.138. The van der Waals surface area contributed by atoms with Crippen molar-refractivity contribution in [2.45, 2.75) is 84.2 Å². The molecule has 0 saturated carbocycles. The predicted octanol–water partition coefficient (Wildman–Crippen LogP) is 6.31. The molecule has 238 valence electrons. The molecule has 0 N–H and O–H groups in total. The Morgan fingerprint density at radius 1 is 0.795 bits per heavy atom. The molecule has 0 spiro atoms. The first-order chi connectivity index (χ1) is 21.3. The van der Waals surface area contributed by atoms with Crippen LogP contribution < -0.4 is 0 Å². The molecule has 0 bridgehead atoms. The summed E-state index contributed by atoms with van der Waals surface area (Å²) >= 11 is 0. The van der Waals surface area contributed by atoms with Gasteiger partial charge in [0, 0.05) is 82.3 Å². The van der Waals surface area contributed by atoms with Crippen LogP contribution in [-0.2, 0) is 35.4 Å². The van der Waals surface area contributed by atoms with Crippen LogP contribution in [0.5, 0.6) is 0 Å². The zero-order chi connectivity index (χ0) is 31.8. The minimum Gasteiger partial charge on any atom is -0.353 e. The summed E-state index contributed by atoms with van der Waals surface area (Å²) in [6.07, 6.45) is 4.12. The molecular formula is C35H46N2O6S. The summed E-state index contributed by atoms with van der Waals surface area (Å²) in [6, 6.07) is 21.0. The van der Waals surface area contributed by atoms with Gasteiger partial charge in [0.05, 0.1) is 10.4 Å². The van der Waals surface area contributed by atoms with Crippen LogP contribution in [0.3, 0.4) is 0 Å². The van der Waals surface area contributed by atoms with Crippen molar-refractivity contribution in [2.75, 3.05) is 33.0 Å². The van der Waals surface area contributed by atoms with Gasteiger partial charge >= 0.3 is 0 Å². The maximum atomic E-state index is 13.7. The molecule has 3 aromatic rings. The molecule has 0 aliphatic rings. The van der Waals surface area contributed by atoms with Crippen LogP contribution in [0.2, 0.25) is 0 Å². The van der Waals surface area contributed by atoms with Gasteiger partial charge in [0.2, 0.25) is 0 Å². The number of fused-ring (bicyclic) bond motifs is 1. The summed E-state index contributed by atoms with van der Waals surface area (Å²) in [5, 5.41) is 1.03. The van der Waals surface area contributed by atoms with Crippen molar-refractivity contribution < 1.29 is 27.4 Å². The van der Waals surface area contributed by atoms with Crippen LogP contribution in [0.1, 0.15) is 64.5 Å². The third-order valence-corrected chi connectivity index (χ3v) is 8.53. The maximum Gasteiger partial charge on any atom is 0.270 e. The van der Waals surface area contributed by atoms with Crippen molar-refractivity contribution in [3.63, 3.8) is 0 Å². The van der Waals surface area contributed by atoms with Gasteiger partial charge in [-0.25, -0.2) is 12.7 Å². The molecule has 8 nitrogen and oxygen atoms in total. The van der Waals surface area contributed by atoms with Crippen LogP contribution in [0, 0.1) is 30.9 Å². The highest BCUT2D eigenvalue weighted by Gasteiger charge is 2.23. The molecule has 1 aromatic heterocycles. The van der Waals surface area contributed by atoms with Crippen molar-refractivity contribution in [3.8, 4) is 23.9 Å². The number of ether oxygens (including phenoxy) is 4. The van der Waals surface area contributed by atoms with Crippen molar-refractivity contribution in [2.24, 2.45) is 0 Å². The lowest BCUT2D eigenvalue weighted by Gasteiger charge is -2.18. The smallest absolute Gasteiger partial charge is 0.270 e. The summed E-state index contributed by atoms with van der Waals surface area (Å²) in [5.41, 5.74) is 2.95. The molecule has 0 radical (unpaired) electrons. The number of rotatable bonds is 17. The number of aromatic nitrogens is 1. The fourth-order valence-corrected chi connectivity index (χ4v) is 5.93. The van der Waals surface area contributed by atoms with Crippen LogP contribution in [-0.4, -0.2) is 62.8 Å². The van der Waals surface area contributed by atoms with Crippen molar-refractivity contribution >= 4 is 20.9 Å². The van der Waals surface area contributed by atoms with E-state index in [1.54, 1.807) is 24.3 Å². The average Bonchev–Trinajstić information content (AvgIpc) is 3.36. The molecule has 0 amide bonds. The molecule has 9 heteroatoms. The first-order valence-electron chi connectivity index (χ1n) is 15.5. The van der Waals surface area contributed by atoms with E-state index in [0.717, 1.165) is 22.0 Å². The lowest BCUT2D eigenvalue weighted by atomic mass is 10.1. The van der Waals surface area contributed by atoms with Gasteiger partial charge in [0.25, 0.3) is 10.0 Å². The third-order valence-electron chi connectivity index (χ3n) is 6.81. The number of hydrogen-bond acceptors (Lipinski definition) is 6. The molecular weight excluding hydrogens is 576 g/mol. The Morgan fingerprint density at radius 3 is 1.95 bits per heavy atom. The van der Waals surface area contributed by atoms with E-state index in [9.17, 15) is 8.42 Å². The van der Waals surface area contributed by atoms with Crippen molar-refractivity contribution in [3.05, 3.63) is 65.9 Å². The highest BCUT2D eigenvalue weighted by molar-refractivity contribution is 7.89. The summed E-state index contributed by atoms with van der Waals surface area (Å²) in [5.74, 6) is 6.28. The summed E-state index contributed by atoms with van der Waals surface area (Å²) in [4.78, 5) is 0.213. The summed E-state index contributed by atoms with van der Waals surface area (Å²) < 4.78 is 53.1. The van der Waals surface area contributed by atoms with E-state index in [1.807, 2.05) is 69.6 Å². The molecule has 0 unspecified atom stereocenters. The number of aryl methyl sites for hydroxylation is 1. The van der Waals surface area contributed by atoms with Gasteiger partial charge in [0.15, 0.2) is 12.6 Å². The van der Waals surface area contributed by atoms with E-state index >= 15 is 0 Å². The van der Waals surface area contributed by atoms with Crippen LogP contribution in [0.25, 0.3) is 10.9 Å². The first-order valence-corrected chi connectivity index (χ1v) is 16.9. The predicted molar refractivity (Wildman–Crippen MR) is 174 cm³/mol. The second-order valence-corrected chi connectivity index (χ2v) is 11.9. The molecule has 0 aliphatic heterocycles. The van der Waals surface area contributed by atoms with Gasteiger partial charge in [-0.05, 0) is 64.8 Å². The van der Waals surface area contributed by atoms with Gasteiger partial charge in [-0.1, -0.05) is 47.7 Å². The molecule has 0 fully saturated rings. The fourth-order valence-electron chi connectivity index (χ4n) is 4.68. The van der Waals surface area contributed by atoms with Gasteiger partial charge in [-0.2, -0.15) is 0 Å². The second kappa shape index (κ2) is 18.5. The topological polar surface area (TPSA) is 79.2 Å². The van der Waals surface area contributed by atoms with Gasteiger partial charge < -0.3 is 18.9 Å². The van der Waals surface area contributed by atoms with E-state index in [2.05, 4.69) is 23.9 Å². The number of hydrogen-bond donors (Lipinski definition) is 0. The Morgan fingerprint density at radius 2 is 1.36 bits per heavy atom. The normalized spacial score (nSPS) is 11.4. The molecule has 2 aromatic carbocycles. The van der Waals surface area contributed by atoms with E-state index < -0.39 is 10.0 Å². The van der Waals surface area contributed by atoms with Gasteiger partial charge in [-0.3, -0.25) is 4.57 Å². The number of benzene rings is 2. The maximum absolute atomic E-state index is 13.7. The Hall–Kier alpha value is -3.31. The Bertz CT molecular complexity index is 1510.